The van der Waals surface area contributed by atoms with Crippen LogP contribution in [-0.4, -0.2) is 73.4 Å². The van der Waals surface area contributed by atoms with Gasteiger partial charge in [0.1, 0.15) is 23.9 Å². The van der Waals surface area contributed by atoms with Crippen molar-refractivity contribution in [2.45, 2.75) is 59.9 Å². The van der Waals surface area contributed by atoms with E-state index in [2.05, 4.69) is 0 Å². The van der Waals surface area contributed by atoms with E-state index in [0.717, 1.165) is 0 Å². The zero-order valence-corrected chi connectivity index (χ0v) is 48.6. The Kier molecular flexibility index (Phi) is 26.3. The Labute approximate surface area is 493 Å². The summed E-state index contributed by atoms with van der Waals surface area (Å²) in [4.78, 5) is 68.6. The summed E-state index contributed by atoms with van der Waals surface area (Å²) in [6.45, 7) is 7.32. The van der Waals surface area contributed by atoms with Crippen LogP contribution < -0.4 is 28.4 Å². The first-order valence-corrected chi connectivity index (χ1v) is 25.9. The van der Waals surface area contributed by atoms with Crippen molar-refractivity contribution in [3.05, 3.63) is 154 Å². The second kappa shape index (κ2) is 31.7. The summed E-state index contributed by atoms with van der Waals surface area (Å²) in [6, 6.07) is 28.3. The minimum absolute atomic E-state index is 0.216. The van der Waals surface area contributed by atoms with E-state index < -0.39 is 49.4 Å². The van der Waals surface area contributed by atoms with Crippen molar-refractivity contribution in [3.8, 4) is 51.7 Å². The van der Waals surface area contributed by atoms with Crippen molar-refractivity contribution < 1.29 is 71.4 Å². The van der Waals surface area contributed by atoms with E-state index >= 15 is 0 Å². The summed E-state index contributed by atoms with van der Waals surface area (Å²) in [5.41, 5.74) is 0. The van der Waals surface area contributed by atoms with Gasteiger partial charge in [-0.15, -0.1) is 0 Å². The topological polar surface area (TPSA) is 185 Å². The summed E-state index contributed by atoms with van der Waals surface area (Å²) < 4.78 is 48.3. The molecule has 0 saturated carbocycles. The third-order valence-electron chi connectivity index (χ3n) is 9.57. The van der Waals surface area contributed by atoms with Crippen molar-refractivity contribution in [2.75, 3.05) is 19.8 Å². The maximum absolute atomic E-state index is 12.1. The molecule has 0 N–H and O–H groups in total. The SMILES string of the molecule is CC(=O)C(C)OC(=O)C(C)Oc1cc(Cl)ccc1Oc1ccc(Cl)cc1Cl.CC(=O)C(C)OC(=O)COc1cc(Cl)ccc1Oc1ccc(Cl)cc1Cl.CC(=O)COC(=O)COc1cc(Cl)ccc1Oc1ccc(Cl)cc1Cl. The largest absolute Gasteiger partial charge is 0.478 e. The summed E-state index contributed by atoms with van der Waals surface area (Å²) in [5, 5.41) is 3.51. The van der Waals surface area contributed by atoms with Crippen molar-refractivity contribution in [3.63, 3.8) is 0 Å². The quantitative estimate of drug-likeness (QED) is 0.0489. The lowest BCUT2D eigenvalue weighted by Gasteiger charge is -2.19. The lowest BCUT2D eigenvalue weighted by Crippen LogP contribution is -2.31. The molecule has 414 valence electrons. The van der Waals surface area contributed by atoms with Crippen LogP contribution in [0.4, 0.5) is 0 Å². The van der Waals surface area contributed by atoms with Gasteiger partial charge in [0.15, 0.2) is 83.4 Å². The molecule has 15 nitrogen and oxygen atoms in total. The fourth-order valence-corrected chi connectivity index (χ4v) is 7.28. The molecule has 0 aliphatic heterocycles. The molecule has 0 spiro atoms. The van der Waals surface area contributed by atoms with Gasteiger partial charge in [-0.1, -0.05) is 104 Å². The van der Waals surface area contributed by atoms with Crippen LogP contribution >= 0.6 is 104 Å². The number of ketones is 3. The van der Waals surface area contributed by atoms with Gasteiger partial charge >= 0.3 is 17.9 Å². The first-order valence-electron chi connectivity index (χ1n) is 22.5. The average Bonchev–Trinajstić information content (AvgIpc) is 3.37. The van der Waals surface area contributed by atoms with Crippen LogP contribution in [-0.2, 0) is 43.0 Å². The molecule has 0 bridgehead atoms. The molecular formula is C54H45Cl9O15. The Morgan fingerprint density at radius 2 is 0.692 bits per heavy atom. The van der Waals surface area contributed by atoms with E-state index in [4.69, 9.17) is 147 Å². The van der Waals surface area contributed by atoms with Crippen molar-refractivity contribution >= 4 is 140 Å². The monoisotopic (exact) mass is 1250 g/mol. The normalized spacial score (nSPS) is 11.6. The molecule has 0 aromatic heterocycles. The highest BCUT2D eigenvalue weighted by Gasteiger charge is 2.24. The number of esters is 3. The number of Topliss-reactive ketones (excluding diaryl/α,β-unsaturated/α-hetero) is 3. The number of carbonyl (C=O) groups excluding carboxylic acids is 6. The van der Waals surface area contributed by atoms with Crippen molar-refractivity contribution in [2.24, 2.45) is 0 Å². The second-order valence-electron chi connectivity index (χ2n) is 15.9. The Bertz CT molecular complexity index is 3120. The zero-order chi connectivity index (χ0) is 57.8. The maximum Gasteiger partial charge on any atom is 0.347 e. The van der Waals surface area contributed by atoms with Gasteiger partial charge in [0.05, 0.1) is 15.1 Å². The molecule has 3 unspecified atom stereocenters. The van der Waals surface area contributed by atoms with Crippen LogP contribution in [0.3, 0.4) is 0 Å². The van der Waals surface area contributed by atoms with E-state index in [0.29, 0.717) is 79.7 Å². The van der Waals surface area contributed by atoms with E-state index in [1.807, 2.05) is 0 Å². The summed E-state index contributed by atoms with van der Waals surface area (Å²) in [7, 11) is 0. The van der Waals surface area contributed by atoms with Gasteiger partial charge in [-0.3, -0.25) is 14.4 Å². The number of carbonyl (C=O) groups is 6. The molecule has 0 aliphatic rings. The number of hydrogen-bond donors (Lipinski definition) is 0. The number of hydrogen-bond acceptors (Lipinski definition) is 15. The van der Waals surface area contributed by atoms with Crippen LogP contribution in [0, 0.1) is 0 Å². The van der Waals surface area contributed by atoms with Gasteiger partial charge in [0.2, 0.25) is 0 Å². The molecule has 0 radical (unpaired) electrons. The minimum atomic E-state index is -0.992. The Balaban J connectivity index is 0.000000253. The fourth-order valence-electron chi connectivity index (χ4n) is 5.45. The van der Waals surface area contributed by atoms with Crippen LogP contribution in [0.1, 0.15) is 41.5 Å². The summed E-state index contributed by atoms with van der Waals surface area (Å²) in [6.07, 6.45) is -2.69. The highest BCUT2D eigenvalue weighted by atomic mass is 35.5. The fraction of sp³-hybridized carbons (Fsp3) is 0.222. The van der Waals surface area contributed by atoms with Gasteiger partial charge in [-0.2, -0.15) is 0 Å². The van der Waals surface area contributed by atoms with Crippen LogP contribution in [0.15, 0.2) is 109 Å². The van der Waals surface area contributed by atoms with E-state index in [1.54, 1.807) is 72.8 Å². The van der Waals surface area contributed by atoms with E-state index in [-0.39, 0.29) is 41.2 Å². The first kappa shape index (κ1) is 64.7. The van der Waals surface area contributed by atoms with Gasteiger partial charge in [-0.25, -0.2) is 14.4 Å². The summed E-state index contributed by atoms with van der Waals surface area (Å²) >= 11 is 53.8. The van der Waals surface area contributed by atoms with Crippen molar-refractivity contribution in [1.29, 1.82) is 0 Å². The van der Waals surface area contributed by atoms with Crippen LogP contribution in [0.2, 0.25) is 45.2 Å². The predicted octanol–water partition coefficient (Wildman–Crippen LogP) is 16.0. The molecule has 6 rings (SSSR count). The second-order valence-corrected chi connectivity index (χ2v) is 19.8. The lowest BCUT2D eigenvalue weighted by atomic mass is 10.3. The smallest absolute Gasteiger partial charge is 0.347 e. The Morgan fingerprint density at radius 1 is 0.372 bits per heavy atom. The molecule has 78 heavy (non-hydrogen) atoms. The summed E-state index contributed by atoms with van der Waals surface area (Å²) in [5.74, 6) is -0.242. The van der Waals surface area contributed by atoms with Gasteiger partial charge < -0.3 is 42.6 Å². The molecule has 0 aliphatic carbocycles. The molecule has 0 amide bonds. The third kappa shape index (κ3) is 22.1. The predicted molar refractivity (Wildman–Crippen MR) is 299 cm³/mol. The minimum Gasteiger partial charge on any atom is -0.478 e. The maximum atomic E-state index is 12.1. The van der Waals surface area contributed by atoms with Crippen LogP contribution in [0.5, 0.6) is 51.7 Å². The average molecular weight is 1250 g/mol. The number of halogens is 9. The molecule has 0 heterocycles. The standard InChI is InChI=1S/C19H17Cl3O5.C18H15Cl3O5.C17H13Cl3O5/c1-10(23)11(2)26-19(24)12(3)25-18-9-14(21)5-7-17(18)27-16-6-4-13(20)8-15(16)22;1-10(22)11(2)25-18(23)9-24-17-8-13(20)4-6-16(17)26-15-5-3-12(19)7-14(15)21;1-10(21)8-24-17(22)9-23-16-7-12(19)3-5-15(16)25-14-4-2-11(18)6-13(14)20/h4-9,11-12H,1-3H3;3-8,11H,9H2,1-2H3;2-7H,8-9H2,1H3. The number of rotatable bonds is 21. The molecular weight excluding hydrogens is 1210 g/mol. The van der Waals surface area contributed by atoms with Gasteiger partial charge in [0, 0.05) is 48.3 Å². The zero-order valence-electron chi connectivity index (χ0n) is 41.8. The highest BCUT2D eigenvalue weighted by molar-refractivity contribution is 6.37. The van der Waals surface area contributed by atoms with Crippen LogP contribution in [0.25, 0.3) is 0 Å². The molecule has 0 saturated heterocycles. The molecule has 24 heteroatoms. The van der Waals surface area contributed by atoms with Gasteiger partial charge in [0.25, 0.3) is 0 Å². The van der Waals surface area contributed by atoms with E-state index in [1.165, 1.54) is 77.9 Å². The lowest BCUT2D eigenvalue weighted by molar-refractivity contribution is -0.159. The van der Waals surface area contributed by atoms with Crippen molar-refractivity contribution in [1.82, 2.24) is 0 Å². The molecule has 6 aromatic carbocycles. The Morgan fingerprint density at radius 3 is 1.05 bits per heavy atom. The molecule has 6 aromatic rings. The Hall–Kier alpha value is -5.85. The van der Waals surface area contributed by atoms with E-state index in [9.17, 15) is 28.8 Å². The van der Waals surface area contributed by atoms with Gasteiger partial charge in [-0.05, 0) is 133 Å². The number of ether oxygens (including phenoxy) is 9. The third-order valence-corrected chi connectivity index (χ3v) is 11.9. The first-order chi connectivity index (χ1) is 36.8. The highest BCUT2D eigenvalue weighted by Crippen LogP contribution is 2.41. The molecule has 3 atom stereocenters. The number of benzene rings is 6. The molecule has 0 fully saturated rings.